The Hall–Kier alpha value is -2.19. The Morgan fingerprint density at radius 2 is 2.10 bits per heavy atom. The molecular weight excluding hydrogens is 260 g/mol. The van der Waals surface area contributed by atoms with Crippen LogP contribution in [0.5, 0.6) is 0 Å². The van der Waals surface area contributed by atoms with Crippen molar-refractivity contribution < 1.29 is 10.2 Å². The predicted octanol–water partition coefficient (Wildman–Crippen LogP) is -0.539. The molecule has 0 aromatic carbocycles. The van der Waals surface area contributed by atoms with Gasteiger partial charge in [0.1, 0.15) is 5.52 Å². The van der Waals surface area contributed by atoms with Gasteiger partial charge in [-0.25, -0.2) is 4.98 Å². The fraction of sp³-hybridized carbons (Fsp3) is 0.417. The molecule has 2 aromatic rings. The van der Waals surface area contributed by atoms with Crippen molar-refractivity contribution in [2.45, 2.75) is 18.6 Å². The van der Waals surface area contributed by atoms with Gasteiger partial charge in [0, 0.05) is 5.92 Å². The fourth-order valence-electron chi connectivity index (χ4n) is 2.49. The largest absolute Gasteiger partial charge is 0.396 e. The number of nitrogens with two attached hydrogens (primary N) is 2. The zero-order chi connectivity index (χ0) is 14.3. The van der Waals surface area contributed by atoms with Crippen LogP contribution in [0.2, 0.25) is 0 Å². The number of aromatic nitrogens is 4. The highest BCUT2D eigenvalue weighted by molar-refractivity contribution is 5.82. The van der Waals surface area contributed by atoms with Gasteiger partial charge >= 0.3 is 0 Å². The van der Waals surface area contributed by atoms with E-state index in [0.717, 1.165) is 0 Å². The third-order valence-corrected chi connectivity index (χ3v) is 3.59. The Morgan fingerprint density at radius 1 is 1.30 bits per heavy atom. The summed E-state index contributed by atoms with van der Waals surface area (Å²) < 4.78 is 1.80. The van der Waals surface area contributed by atoms with Crippen molar-refractivity contribution in [3.8, 4) is 0 Å². The minimum absolute atomic E-state index is 0.0723. The Labute approximate surface area is 114 Å². The Balaban J connectivity index is 2.03. The molecule has 0 saturated carbocycles. The average molecular weight is 276 g/mol. The number of aliphatic hydroxyl groups is 2. The highest BCUT2D eigenvalue weighted by Crippen LogP contribution is 2.29. The van der Waals surface area contributed by atoms with E-state index in [4.69, 9.17) is 16.6 Å². The van der Waals surface area contributed by atoms with Crippen LogP contribution >= 0.6 is 0 Å². The number of nitrogen functional groups attached to an aromatic ring is 2. The Kier molecular flexibility index (Phi) is 3.03. The summed E-state index contributed by atoms with van der Waals surface area (Å²) in [7, 11) is 0. The molecule has 3 rings (SSSR count). The summed E-state index contributed by atoms with van der Waals surface area (Å²) in [6.07, 6.45) is 5.19. The molecule has 6 N–H and O–H groups in total. The second-order valence-electron chi connectivity index (χ2n) is 4.89. The molecule has 0 amide bonds. The maximum Gasteiger partial charge on any atom is 0.224 e. The molecule has 0 aliphatic heterocycles. The molecule has 1 aliphatic carbocycles. The summed E-state index contributed by atoms with van der Waals surface area (Å²) in [4.78, 5) is 12.2. The number of anilines is 2. The topological polar surface area (TPSA) is 136 Å². The second-order valence-corrected chi connectivity index (χ2v) is 4.89. The van der Waals surface area contributed by atoms with E-state index in [1.165, 1.54) is 0 Å². The van der Waals surface area contributed by atoms with Crippen LogP contribution in [-0.4, -0.2) is 42.4 Å². The summed E-state index contributed by atoms with van der Waals surface area (Å²) in [6, 6.07) is -0.105. The molecular formula is C12H16N6O2. The smallest absolute Gasteiger partial charge is 0.224 e. The summed E-state index contributed by atoms with van der Waals surface area (Å²) in [6.45, 7) is -0.0723. The fourth-order valence-corrected chi connectivity index (χ4v) is 2.49. The van der Waals surface area contributed by atoms with E-state index in [1.54, 1.807) is 17.0 Å². The van der Waals surface area contributed by atoms with Crippen LogP contribution in [0.3, 0.4) is 0 Å². The maximum absolute atomic E-state index is 9.99. The van der Waals surface area contributed by atoms with Crippen LogP contribution < -0.4 is 11.5 Å². The van der Waals surface area contributed by atoms with Gasteiger partial charge in [-0.1, -0.05) is 12.2 Å². The maximum atomic E-state index is 9.99. The molecule has 8 heteroatoms. The first kappa shape index (κ1) is 12.8. The lowest BCUT2D eigenvalue weighted by Crippen LogP contribution is -2.29. The minimum atomic E-state index is -0.607. The van der Waals surface area contributed by atoms with E-state index in [-0.39, 0.29) is 30.3 Å². The van der Waals surface area contributed by atoms with Gasteiger partial charge < -0.3 is 26.2 Å². The monoisotopic (exact) mass is 276 g/mol. The van der Waals surface area contributed by atoms with Crippen molar-refractivity contribution in [1.82, 2.24) is 19.5 Å². The highest BCUT2D eigenvalue weighted by atomic mass is 16.3. The molecule has 1 aliphatic rings. The molecule has 8 nitrogen and oxygen atoms in total. The second kappa shape index (κ2) is 4.73. The number of aliphatic hydroxyl groups excluding tert-OH is 2. The third kappa shape index (κ3) is 1.98. The van der Waals surface area contributed by atoms with E-state index in [0.29, 0.717) is 17.6 Å². The minimum Gasteiger partial charge on any atom is -0.396 e. The van der Waals surface area contributed by atoms with Crippen molar-refractivity contribution in [2.24, 2.45) is 5.92 Å². The van der Waals surface area contributed by atoms with Crippen molar-refractivity contribution in [1.29, 1.82) is 0 Å². The molecule has 2 aromatic heterocycles. The molecule has 3 atom stereocenters. The highest BCUT2D eigenvalue weighted by Gasteiger charge is 2.26. The van der Waals surface area contributed by atoms with E-state index in [1.807, 2.05) is 6.08 Å². The first-order chi connectivity index (χ1) is 9.60. The summed E-state index contributed by atoms with van der Waals surface area (Å²) in [5.41, 5.74) is 12.4. The molecule has 0 spiro atoms. The van der Waals surface area contributed by atoms with Crippen molar-refractivity contribution >= 4 is 22.9 Å². The lowest BCUT2D eigenvalue weighted by molar-refractivity contribution is 0.0702. The van der Waals surface area contributed by atoms with Gasteiger partial charge in [-0.15, -0.1) is 0 Å². The molecule has 0 bridgehead atoms. The van der Waals surface area contributed by atoms with Crippen LogP contribution in [0.4, 0.5) is 11.8 Å². The van der Waals surface area contributed by atoms with Crippen LogP contribution in [0.15, 0.2) is 18.5 Å². The lowest BCUT2D eigenvalue weighted by Gasteiger charge is -2.27. The first-order valence-electron chi connectivity index (χ1n) is 6.33. The number of rotatable bonds is 2. The predicted molar refractivity (Wildman–Crippen MR) is 73.5 cm³/mol. The molecule has 0 fully saturated rings. The van der Waals surface area contributed by atoms with Gasteiger partial charge in [-0.3, -0.25) is 0 Å². The SMILES string of the molecule is Nc1nc(N)c2ncn([C@@H]3C=C[C@H](CO)[C@@H](O)C3)c2n1. The molecule has 0 radical (unpaired) electrons. The van der Waals surface area contributed by atoms with Gasteiger partial charge in [0.05, 0.1) is 25.1 Å². The van der Waals surface area contributed by atoms with Crippen LogP contribution in [0.25, 0.3) is 11.2 Å². The van der Waals surface area contributed by atoms with E-state index < -0.39 is 6.10 Å². The number of nitrogens with zero attached hydrogens (tertiary/aromatic N) is 4. The summed E-state index contributed by atoms with van der Waals surface area (Å²) in [5, 5.41) is 19.1. The zero-order valence-electron chi connectivity index (χ0n) is 10.7. The van der Waals surface area contributed by atoms with E-state index in [2.05, 4.69) is 15.0 Å². The summed E-state index contributed by atoms with van der Waals surface area (Å²) in [5.74, 6) is 0.0935. The van der Waals surface area contributed by atoms with Crippen LogP contribution in [-0.2, 0) is 0 Å². The lowest BCUT2D eigenvalue weighted by atomic mass is 9.90. The summed E-state index contributed by atoms with van der Waals surface area (Å²) >= 11 is 0. The number of fused-ring (bicyclic) bond motifs is 1. The Bertz CT molecular complexity index is 667. The number of hydrogen-bond acceptors (Lipinski definition) is 7. The quantitative estimate of drug-likeness (QED) is 0.541. The zero-order valence-corrected chi connectivity index (χ0v) is 10.7. The van der Waals surface area contributed by atoms with E-state index in [9.17, 15) is 5.11 Å². The van der Waals surface area contributed by atoms with Gasteiger partial charge in [-0.05, 0) is 6.42 Å². The molecule has 0 unspecified atom stereocenters. The van der Waals surface area contributed by atoms with Crippen LogP contribution in [0, 0.1) is 5.92 Å². The van der Waals surface area contributed by atoms with Gasteiger partial charge in [-0.2, -0.15) is 9.97 Å². The molecule has 2 heterocycles. The average Bonchev–Trinajstić information content (AvgIpc) is 2.82. The third-order valence-electron chi connectivity index (χ3n) is 3.59. The van der Waals surface area contributed by atoms with Gasteiger partial charge in [0.2, 0.25) is 5.95 Å². The number of imidazole rings is 1. The standard InChI is InChI=1S/C12H16N6O2/c13-10-9-11(17-12(14)16-10)18(5-15-9)7-2-1-6(4-19)8(20)3-7/h1-2,5-8,19-20H,3-4H2,(H4,13,14,16,17)/t6-,7-,8+/m1/s1. The molecule has 106 valence electrons. The van der Waals surface area contributed by atoms with Gasteiger partial charge in [0.25, 0.3) is 0 Å². The number of hydrogen-bond donors (Lipinski definition) is 4. The van der Waals surface area contributed by atoms with Crippen molar-refractivity contribution in [3.63, 3.8) is 0 Å². The Morgan fingerprint density at radius 3 is 2.80 bits per heavy atom. The molecule has 0 saturated heterocycles. The number of allylic oxidation sites excluding steroid dienone is 1. The normalized spacial score (nSPS) is 26.2. The molecule has 20 heavy (non-hydrogen) atoms. The van der Waals surface area contributed by atoms with E-state index >= 15 is 0 Å². The van der Waals surface area contributed by atoms with Crippen molar-refractivity contribution in [3.05, 3.63) is 18.5 Å². The van der Waals surface area contributed by atoms with Gasteiger partial charge in [0.15, 0.2) is 11.5 Å². The first-order valence-corrected chi connectivity index (χ1v) is 6.33. The van der Waals surface area contributed by atoms with Crippen LogP contribution in [0.1, 0.15) is 12.5 Å². The van der Waals surface area contributed by atoms with Crippen molar-refractivity contribution in [2.75, 3.05) is 18.1 Å².